The second kappa shape index (κ2) is 7.85. The van der Waals surface area contributed by atoms with Crippen LogP contribution in [0.5, 0.6) is 0 Å². The number of guanidine groups is 1. The number of nitrogens with two attached hydrogens (primary N) is 2. The van der Waals surface area contributed by atoms with E-state index < -0.39 is 6.04 Å². The molecule has 1 aliphatic heterocycles. The first kappa shape index (κ1) is 18.4. The molecule has 0 aliphatic carbocycles. The number of aliphatic imine (C=N–C) groups is 1. The molecule has 136 valence electrons. The standard InChI is InChI=1S/C18H18N8S/c1-2-6-27-11-5-3-4-10(7-11)15-13-14(21)12(8-19)16(22)25-17(13)26-18(24-15)23-9-20/h3-5,7,15H,2,6H2,1H3,(H6,21,22,23,24,25,26). The number of fused-ring (bicyclic) bond motifs is 1. The lowest BCUT2D eigenvalue weighted by Crippen LogP contribution is -2.32. The molecular formula is C18H18N8S. The quantitative estimate of drug-likeness (QED) is 0.360. The molecule has 0 radical (unpaired) electrons. The third kappa shape index (κ3) is 3.59. The van der Waals surface area contributed by atoms with Crippen molar-refractivity contribution in [3.05, 3.63) is 41.0 Å². The highest BCUT2D eigenvalue weighted by Crippen LogP contribution is 2.41. The van der Waals surface area contributed by atoms with Crippen LogP contribution < -0.4 is 22.1 Å². The maximum absolute atomic E-state index is 9.37. The van der Waals surface area contributed by atoms with E-state index in [4.69, 9.17) is 16.7 Å². The van der Waals surface area contributed by atoms with Gasteiger partial charge in [-0.05, 0) is 29.9 Å². The highest BCUT2D eigenvalue weighted by Gasteiger charge is 2.29. The number of aromatic nitrogens is 1. The molecule has 0 fully saturated rings. The predicted molar refractivity (Wildman–Crippen MR) is 107 cm³/mol. The maximum atomic E-state index is 9.37. The summed E-state index contributed by atoms with van der Waals surface area (Å²) in [6.45, 7) is 2.13. The van der Waals surface area contributed by atoms with Gasteiger partial charge >= 0.3 is 0 Å². The first-order valence-corrected chi connectivity index (χ1v) is 9.29. The van der Waals surface area contributed by atoms with Crippen molar-refractivity contribution in [1.82, 2.24) is 10.3 Å². The molecule has 9 heteroatoms. The number of nitrogens with zero attached hydrogens (tertiary/aromatic N) is 4. The van der Waals surface area contributed by atoms with Gasteiger partial charge in [-0.25, -0.2) is 9.98 Å². The van der Waals surface area contributed by atoms with Crippen molar-refractivity contribution in [3.63, 3.8) is 0 Å². The molecule has 0 saturated carbocycles. The summed E-state index contributed by atoms with van der Waals surface area (Å²) in [5.41, 5.74) is 13.9. The molecule has 1 aliphatic rings. The van der Waals surface area contributed by atoms with Crippen LogP contribution in [0.15, 0.2) is 34.2 Å². The number of nitrogens with one attached hydrogen (secondary N) is 2. The molecule has 27 heavy (non-hydrogen) atoms. The summed E-state index contributed by atoms with van der Waals surface area (Å²) in [7, 11) is 0. The Kier molecular flexibility index (Phi) is 5.34. The molecule has 2 aromatic rings. The Balaban J connectivity index is 2.15. The topological polar surface area (TPSA) is 149 Å². The van der Waals surface area contributed by atoms with E-state index in [1.165, 1.54) is 0 Å². The molecule has 1 aromatic heterocycles. The molecule has 0 bridgehead atoms. The van der Waals surface area contributed by atoms with Gasteiger partial charge in [-0.15, -0.1) is 11.8 Å². The Morgan fingerprint density at radius 1 is 1.33 bits per heavy atom. The largest absolute Gasteiger partial charge is 0.397 e. The third-order valence-corrected chi connectivity index (χ3v) is 5.20. The number of pyridine rings is 1. The van der Waals surface area contributed by atoms with Crippen molar-refractivity contribution >= 4 is 35.0 Å². The van der Waals surface area contributed by atoms with Gasteiger partial charge in [-0.3, -0.25) is 5.32 Å². The zero-order chi connectivity index (χ0) is 19.4. The first-order chi connectivity index (χ1) is 13.1. The van der Waals surface area contributed by atoms with Crippen molar-refractivity contribution in [2.24, 2.45) is 4.99 Å². The van der Waals surface area contributed by atoms with E-state index in [0.29, 0.717) is 11.4 Å². The summed E-state index contributed by atoms with van der Waals surface area (Å²) in [4.78, 5) is 9.93. The van der Waals surface area contributed by atoms with Gasteiger partial charge in [-0.1, -0.05) is 19.1 Å². The number of rotatable bonds is 4. The Morgan fingerprint density at radius 3 is 2.85 bits per heavy atom. The average molecular weight is 378 g/mol. The monoisotopic (exact) mass is 378 g/mol. The minimum Gasteiger partial charge on any atom is -0.397 e. The van der Waals surface area contributed by atoms with Gasteiger partial charge in [0.2, 0.25) is 5.96 Å². The molecule has 1 unspecified atom stereocenters. The molecule has 0 saturated heterocycles. The third-order valence-electron chi connectivity index (χ3n) is 4.00. The zero-order valence-electron chi connectivity index (χ0n) is 14.7. The van der Waals surface area contributed by atoms with Crippen molar-refractivity contribution in [3.8, 4) is 12.3 Å². The van der Waals surface area contributed by atoms with Crippen LogP contribution in [0, 0.1) is 22.8 Å². The Bertz CT molecular complexity index is 986. The van der Waals surface area contributed by atoms with Crippen LogP contribution in [0.4, 0.5) is 17.3 Å². The molecule has 2 heterocycles. The highest BCUT2D eigenvalue weighted by atomic mass is 32.2. The molecule has 1 aromatic carbocycles. The van der Waals surface area contributed by atoms with Gasteiger partial charge < -0.3 is 16.8 Å². The summed E-state index contributed by atoms with van der Waals surface area (Å²) < 4.78 is 0. The van der Waals surface area contributed by atoms with Crippen LogP contribution in [-0.2, 0) is 0 Å². The zero-order valence-corrected chi connectivity index (χ0v) is 15.5. The molecule has 3 rings (SSSR count). The van der Waals surface area contributed by atoms with Crippen LogP contribution in [0.3, 0.4) is 0 Å². The smallest absolute Gasteiger partial charge is 0.211 e. The number of nitriles is 2. The number of benzene rings is 1. The van der Waals surface area contributed by atoms with Crippen molar-refractivity contribution in [2.75, 3.05) is 22.5 Å². The molecule has 1 atom stereocenters. The lowest BCUT2D eigenvalue weighted by atomic mass is 9.95. The Morgan fingerprint density at radius 2 is 2.15 bits per heavy atom. The molecule has 0 spiro atoms. The molecular weight excluding hydrogens is 360 g/mol. The van der Waals surface area contributed by atoms with E-state index in [2.05, 4.69) is 27.5 Å². The van der Waals surface area contributed by atoms with E-state index >= 15 is 0 Å². The van der Waals surface area contributed by atoms with E-state index in [-0.39, 0.29) is 23.0 Å². The summed E-state index contributed by atoms with van der Waals surface area (Å²) in [5, 5.41) is 23.7. The lowest BCUT2D eigenvalue weighted by molar-refractivity contribution is 0.843. The van der Waals surface area contributed by atoms with E-state index in [9.17, 15) is 5.26 Å². The van der Waals surface area contributed by atoms with Gasteiger partial charge in [0.05, 0.1) is 5.69 Å². The summed E-state index contributed by atoms with van der Waals surface area (Å²) in [6.07, 6.45) is 2.91. The second-order valence-electron chi connectivity index (χ2n) is 5.82. The fraction of sp³-hybridized carbons (Fsp3) is 0.222. The molecule has 6 N–H and O–H groups in total. The van der Waals surface area contributed by atoms with E-state index in [1.807, 2.05) is 36.5 Å². The average Bonchev–Trinajstić information content (AvgIpc) is 2.66. The minimum atomic E-state index is -0.514. The fourth-order valence-electron chi connectivity index (χ4n) is 2.82. The number of thioether (sulfide) groups is 1. The Hall–Kier alpha value is -3.43. The van der Waals surface area contributed by atoms with Gasteiger partial charge in [0.15, 0.2) is 6.19 Å². The number of hydrogen-bond donors (Lipinski definition) is 4. The normalized spacial score (nSPS) is 14.9. The van der Waals surface area contributed by atoms with E-state index in [1.54, 1.807) is 11.8 Å². The van der Waals surface area contributed by atoms with Gasteiger partial charge in [0.1, 0.15) is 29.3 Å². The molecule has 8 nitrogen and oxygen atoms in total. The van der Waals surface area contributed by atoms with Crippen LogP contribution in [-0.4, -0.2) is 16.7 Å². The first-order valence-electron chi connectivity index (χ1n) is 8.30. The van der Waals surface area contributed by atoms with E-state index in [0.717, 1.165) is 22.6 Å². The number of nitrogen functional groups attached to an aromatic ring is 2. The highest BCUT2D eigenvalue weighted by molar-refractivity contribution is 7.99. The predicted octanol–water partition coefficient (Wildman–Crippen LogP) is 2.56. The van der Waals surface area contributed by atoms with Gasteiger partial charge in [0, 0.05) is 10.5 Å². The SMILES string of the molecule is CCCSc1cccc(C2N=C(NC#N)Nc3nc(N)c(C#N)c(N)c32)c1. The van der Waals surface area contributed by atoms with Crippen molar-refractivity contribution < 1.29 is 0 Å². The van der Waals surface area contributed by atoms with Crippen molar-refractivity contribution in [1.29, 1.82) is 10.5 Å². The number of hydrogen-bond acceptors (Lipinski definition) is 9. The van der Waals surface area contributed by atoms with Crippen LogP contribution in [0.25, 0.3) is 0 Å². The summed E-state index contributed by atoms with van der Waals surface area (Å²) in [6, 6.07) is 9.45. The van der Waals surface area contributed by atoms with Gasteiger partial charge in [0.25, 0.3) is 0 Å². The second-order valence-corrected chi connectivity index (χ2v) is 6.99. The minimum absolute atomic E-state index is 0.0328. The van der Waals surface area contributed by atoms with Crippen LogP contribution >= 0.6 is 11.8 Å². The van der Waals surface area contributed by atoms with Gasteiger partial charge in [-0.2, -0.15) is 10.5 Å². The fourth-order valence-corrected chi connectivity index (χ4v) is 3.65. The summed E-state index contributed by atoms with van der Waals surface area (Å²) in [5.74, 6) is 1.67. The van der Waals surface area contributed by atoms with Crippen LogP contribution in [0.1, 0.15) is 36.1 Å². The maximum Gasteiger partial charge on any atom is 0.211 e. The summed E-state index contributed by atoms with van der Waals surface area (Å²) >= 11 is 1.75. The van der Waals surface area contributed by atoms with Crippen LogP contribution in [0.2, 0.25) is 0 Å². The number of anilines is 3. The lowest BCUT2D eigenvalue weighted by Gasteiger charge is -2.26. The molecule has 0 amide bonds. The Labute approximate surface area is 161 Å². The van der Waals surface area contributed by atoms with Crippen molar-refractivity contribution in [2.45, 2.75) is 24.3 Å².